The largest absolute Gasteiger partial charge is 0.464 e. The van der Waals surface area contributed by atoms with E-state index in [-0.39, 0.29) is 49.1 Å². The Bertz CT molecular complexity index is 2910. The van der Waals surface area contributed by atoms with E-state index < -0.39 is 35.5 Å². The molecule has 1 aliphatic carbocycles. The molecule has 5 aliphatic heterocycles. The van der Waals surface area contributed by atoms with E-state index in [1.165, 1.54) is 21.9 Å². The summed E-state index contributed by atoms with van der Waals surface area (Å²) in [6.45, 7) is 16.9. The first-order chi connectivity index (χ1) is 37.4. The Hall–Kier alpha value is -5.18. The number of ether oxygens (including phenoxy) is 6. The first-order valence-electron chi connectivity index (χ1n) is 28.1. The lowest BCUT2D eigenvalue weighted by Gasteiger charge is -2.42. The number of thiazole rings is 1. The van der Waals surface area contributed by atoms with Gasteiger partial charge in [0.25, 0.3) is 5.91 Å². The van der Waals surface area contributed by atoms with Crippen molar-refractivity contribution in [2.45, 2.75) is 134 Å². The van der Waals surface area contributed by atoms with Crippen molar-refractivity contribution in [3.63, 3.8) is 0 Å². The molecule has 77 heavy (non-hydrogen) atoms. The zero-order chi connectivity index (χ0) is 53.4. The fourth-order valence-electron chi connectivity index (χ4n) is 12.7. The van der Waals surface area contributed by atoms with Gasteiger partial charge in [0, 0.05) is 115 Å². The predicted octanol–water partition coefficient (Wildman–Crippen LogP) is 7.94. The molecule has 6 aliphatic rings. The van der Waals surface area contributed by atoms with Gasteiger partial charge in [0.05, 0.1) is 55.7 Å². The summed E-state index contributed by atoms with van der Waals surface area (Å²) >= 11 is 1.40. The van der Waals surface area contributed by atoms with E-state index in [9.17, 15) is 9.59 Å². The molecule has 2 N–H and O–H groups in total. The standard InChI is InChI=1S/C59H76N8O9S/c1-7-74-54-52(63-55(68)50-35(2)49(50)45-11-8-9-18-60-45)57(69)67-19-10-12-46(64-67)58(70)76-34-59(4,5)30-44-42-28-38(47-33-77-56(54)62-47)13-14-48(42)66(22-26-75-41-16-23-72-24-17-41)53(44)43-29-39(31-61-51(43)36(3)71-6)37-15-20-65-21-25-73-32-40(65)27-37/h8-9,11,13-14,18,28-29,31,33,35-37,40-41,46,49-50,52,54,64H,7,10,12,15-17,19-27,30,32,34H2,1-6H3,(H,63,68)/t35-,36+,37-,40-,46+,49-,50+,52+,54+/m1/s1. The molecule has 6 bridgehead atoms. The maximum atomic E-state index is 15.0. The van der Waals surface area contributed by atoms with Crippen LogP contribution in [0, 0.1) is 17.3 Å². The zero-order valence-electron chi connectivity index (χ0n) is 45.5. The van der Waals surface area contributed by atoms with E-state index in [4.69, 9.17) is 38.4 Å². The highest BCUT2D eigenvalue weighted by molar-refractivity contribution is 7.10. The number of piperidine rings is 1. The second-order valence-electron chi connectivity index (χ2n) is 22.8. The van der Waals surface area contributed by atoms with Crippen molar-refractivity contribution in [1.82, 2.24) is 40.2 Å². The van der Waals surface area contributed by atoms with Crippen LogP contribution >= 0.6 is 11.3 Å². The van der Waals surface area contributed by atoms with Crippen LogP contribution in [0.2, 0.25) is 0 Å². The van der Waals surface area contributed by atoms with Crippen molar-refractivity contribution in [3.8, 4) is 22.5 Å². The van der Waals surface area contributed by atoms with Gasteiger partial charge < -0.3 is 38.3 Å². The number of esters is 1. The summed E-state index contributed by atoms with van der Waals surface area (Å²) in [7, 11) is 1.74. The topological polar surface area (TPSA) is 181 Å². The number of nitrogens with one attached hydrogen (secondary N) is 2. The van der Waals surface area contributed by atoms with Gasteiger partial charge in [-0.3, -0.25) is 34.3 Å². The number of hydrogen-bond acceptors (Lipinski definition) is 15. The Morgan fingerprint density at radius 1 is 1.01 bits per heavy atom. The van der Waals surface area contributed by atoms with Crippen molar-refractivity contribution in [3.05, 3.63) is 87.8 Å². The minimum atomic E-state index is -1.16. The van der Waals surface area contributed by atoms with Gasteiger partial charge in [-0.1, -0.05) is 32.9 Å². The first-order valence-corrected chi connectivity index (χ1v) is 29.0. The molecule has 1 aromatic carbocycles. The number of carbonyl (C=O) groups excluding carboxylic acids is 3. The number of morpholine rings is 1. The van der Waals surface area contributed by atoms with Gasteiger partial charge in [0.1, 0.15) is 23.2 Å². The number of aromatic nitrogens is 4. The molecule has 9 atom stereocenters. The Kier molecular flexibility index (Phi) is 16.3. The van der Waals surface area contributed by atoms with E-state index in [1.807, 2.05) is 37.4 Å². The van der Waals surface area contributed by atoms with E-state index in [0.29, 0.717) is 69.1 Å². The molecule has 9 heterocycles. The number of amides is 2. The van der Waals surface area contributed by atoms with Gasteiger partial charge in [-0.15, -0.1) is 11.3 Å². The molecule has 412 valence electrons. The quantitative estimate of drug-likeness (QED) is 0.109. The normalized spacial score (nSPS) is 27.6. The lowest BCUT2D eigenvalue weighted by atomic mass is 9.82. The van der Waals surface area contributed by atoms with Gasteiger partial charge in [-0.25, -0.2) is 10.4 Å². The van der Waals surface area contributed by atoms with Crippen LogP contribution in [-0.4, -0.2) is 144 Å². The molecule has 4 aromatic heterocycles. The average molecular weight is 1070 g/mol. The summed E-state index contributed by atoms with van der Waals surface area (Å²) in [5, 5.41) is 8.24. The predicted molar refractivity (Wildman–Crippen MR) is 292 cm³/mol. The molecule has 0 spiro atoms. The minimum Gasteiger partial charge on any atom is -0.464 e. The summed E-state index contributed by atoms with van der Waals surface area (Å²) in [6, 6.07) is 13.1. The Labute approximate surface area is 456 Å². The van der Waals surface area contributed by atoms with E-state index >= 15 is 4.79 Å². The van der Waals surface area contributed by atoms with E-state index in [2.05, 4.69) is 76.4 Å². The summed E-state index contributed by atoms with van der Waals surface area (Å²) in [6.07, 6.45) is 7.98. The Morgan fingerprint density at radius 3 is 2.68 bits per heavy atom. The highest BCUT2D eigenvalue weighted by Gasteiger charge is 2.54. The summed E-state index contributed by atoms with van der Waals surface area (Å²) in [4.78, 5) is 61.5. The summed E-state index contributed by atoms with van der Waals surface area (Å²) in [5.41, 5.74) is 11.4. The van der Waals surface area contributed by atoms with Crippen LogP contribution in [0.5, 0.6) is 0 Å². The van der Waals surface area contributed by atoms with Crippen molar-refractivity contribution in [2.24, 2.45) is 17.3 Å². The average Bonchev–Trinajstić information content (AvgIpc) is 3.86. The molecular formula is C59H76N8O9S. The van der Waals surface area contributed by atoms with Gasteiger partial charge in [0.2, 0.25) is 5.91 Å². The smallest absolute Gasteiger partial charge is 0.324 e. The maximum absolute atomic E-state index is 15.0. The van der Waals surface area contributed by atoms with Crippen LogP contribution in [0.1, 0.15) is 125 Å². The zero-order valence-corrected chi connectivity index (χ0v) is 46.4. The number of cyclic esters (lactones) is 1. The molecule has 2 amide bonds. The van der Waals surface area contributed by atoms with Gasteiger partial charge >= 0.3 is 5.97 Å². The summed E-state index contributed by atoms with van der Waals surface area (Å²) in [5.74, 6) is -1.25. The Balaban J connectivity index is 1.04. The van der Waals surface area contributed by atoms with Crippen LogP contribution in [0.25, 0.3) is 33.4 Å². The van der Waals surface area contributed by atoms with Crippen LogP contribution in [0.3, 0.4) is 0 Å². The van der Waals surface area contributed by atoms with Crippen molar-refractivity contribution >= 4 is 40.0 Å². The van der Waals surface area contributed by atoms with E-state index in [0.717, 1.165) is 102 Å². The van der Waals surface area contributed by atoms with Crippen LogP contribution in [-0.2, 0) is 55.8 Å². The number of rotatable bonds is 13. The molecule has 0 radical (unpaired) electrons. The lowest BCUT2D eigenvalue weighted by Crippen LogP contribution is -2.61. The van der Waals surface area contributed by atoms with Crippen LogP contribution in [0.4, 0.5) is 0 Å². The Morgan fingerprint density at radius 2 is 1.87 bits per heavy atom. The molecule has 5 fully saturated rings. The highest BCUT2D eigenvalue weighted by Crippen LogP contribution is 2.53. The third kappa shape index (κ3) is 11.4. The van der Waals surface area contributed by atoms with Crippen LogP contribution in [0.15, 0.2) is 60.2 Å². The van der Waals surface area contributed by atoms with Crippen molar-refractivity contribution in [1.29, 1.82) is 0 Å². The molecule has 17 nitrogen and oxygen atoms in total. The highest BCUT2D eigenvalue weighted by atomic mass is 32.1. The van der Waals surface area contributed by atoms with Gasteiger partial charge in [-0.05, 0) is 119 Å². The molecule has 5 aromatic rings. The monoisotopic (exact) mass is 1070 g/mol. The number of hydrogen-bond donors (Lipinski definition) is 2. The number of pyridine rings is 2. The SMILES string of the molecule is CCO[C@@H]1c2nc(cs2)-c2ccc3c(c2)c(c(-c2cc([C@@H]4CCN5CCOC[C@H]5C4)cnc2[C@H](C)OC)n3CCOC2CCOCC2)CC(C)(C)COC(=O)[C@@H]2CCCN(N2)C(=O)[C@H]1NC(=O)[C@H]1[C@H](C)[C@@H]1c1ccccn1. The molecular weight excluding hydrogens is 997 g/mol. The van der Waals surface area contributed by atoms with Gasteiger partial charge in [-0.2, -0.15) is 0 Å². The number of methoxy groups -OCH3 is 1. The second kappa shape index (κ2) is 23.3. The van der Waals surface area contributed by atoms with Gasteiger partial charge in [0.15, 0.2) is 0 Å². The number of fused-ring (bicyclic) bond motifs is 7. The lowest BCUT2D eigenvalue weighted by molar-refractivity contribution is -0.156. The fraction of sp³-hybridized carbons (Fsp3) is 0.593. The second-order valence-corrected chi connectivity index (χ2v) is 23.7. The summed E-state index contributed by atoms with van der Waals surface area (Å²) < 4.78 is 39.7. The number of benzene rings is 1. The fourth-order valence-corrected chi connectivity index (χ4v) is 13.6. The third-order valence-electron chi connectivity index (χ3n) is 17.1. The maximum Gasteiger partial charge on any atom is 0.324 e. The molecule has 11 rings (SSSR count). The molecule has 4 saturated heterocycles. The number of hydrazine groups is 1. The minimum absolute atomic E-state index is 0.0211. The molecule has 0 unspecified atom stereocenters. The molecule has 1 saturated carbocycles. The van der Waals surface area contributed by atoms with Crippen molar-refractivity contribution in [2.75, 3.05) is 73.0 Å². The number of nitrogens with zero attached hydrogens (tertiary/aromatic N) is 6. The van der Waals surface area contributed by atoms with Crippen molar-refractivity contribution < 1.29 is 42.8 Å². The van der Waals surface area contributed by atoms with Crippen LogP contribution < -0.4 is 10.7 Å². The third-order valence-corrected chi connectivity index (χ3v) is 18.0. The van der Waals surface area contributed by atoms with E-state index in [1.54, 1.807) is 13.3 Å². The number of carbonyl (C=O) groups is 3. The first kappa shape index (κ1) is 53.8. The molecule has 18 heteroatoms.